The summed E-state index contributed by atoms with van der Waals surface area (Å²) in [6, 6.07) is 9.42. The Morgan fingerprint density at radius 2 is 1.94 bits per heavy atom. The van der Waals surface area contributed by atoms with Gasteiger partial charge in [-0.15, -0.1) is 11.3 Å². The molecule has 0 saturated carbocycles. The summed E-state index contributed by atoms with van der Waals surface area (Å²) in [5.41, 5.74) is 2.37. The molecule has 6 nitrogen and oxygen atoms in total. The summed E-state index contributed by atoms with van der Waals surface area (Å²) < 4.78 is 5.25. The van der Waals surface area contributed by atoms with Crippen LogP contribution >= 0.6 is 11.3 Å². The summed E-state index contributed by atoms with van der Waals surface area (Å²) in [6.07, 6.45) is 3.72. The van der Waals surface area contributed by atoms with Crippen LogP contribution in [0.3, 0.4) is 0 Å². The summed E-state index contributed by atoms with van der Waals surface area (Å²) in [5.74, 6) is -0.0268. The lowest BCUT2D eigenvalue weighted by Crippen LogP contribution is -2.26. The topological polar surface area (TPSA) is 75.7 Å². The lowest BCUT2D eigenvalue weighted by Gasteiger charge is -2.18. The van der Waals surface area contributed by atoms with Gasteiger partial charge in [0.1, 0.15) is 5.00 Å². The molecule has 1 heterocycles. The Hall–Kier alpha value is -2.67. The van der Waals surface area contributed by atoms with E-state index in [1.165, 1.54) is 11.3 Å². The number of hydrogen-bond acceptors (Lipinski definition) is 5. The van der Waals surface area contributed by atoms with Crippen LogP contribution in [-0.4, -0.2) is 31.4 Å². The highest BCUT2D eigenvalue weighted by molar-refractivity contribution is 7.17. The van der Waals surface area contributed by atoms with Gasteiger partial charge < -0.3 is 15.0 Å². The van der Waals surface area contributed by atoms with Gasteiger partial charge in [-0.3, -0.25) is 9.59 Å². The Bertz CT molecular complexity index is 939. The predicted octanol–water partition coefficient (Wildman–Crippen LogP) is 4.82. The number of nitrogens with zero attached hydrogens (tertiary/aromatic N) is 1. The standard InChI is InChI=1S/C24H30N2O4S/c1-4-30-24(29)22-18-14-13-16(2)15-19(18)31-23(22)25-20(27)11-8-12-21(28)26(3)17-9-6-5-7-10-17/h5-7,9-10,16H,4,8,11-15H2,1-3H3,(H,25,27). The maximum absolute atomic E-state index is 12.6. The van der Waals surface area contributed by atoms with Crippen molar-refractivity contribution in [2.24, 2.45) is 5.92 Å². The van der Waals surface area contributed by atoms with Gasteiger partial charge in [-0.2, -0.15) is 0 Å². The van der Waals surface area contributed by atoms with Crippen LogP contribution in [0.25, 0.3) is 0 Å². The molecule has 1 aliphatic carbocycles. The fourth-order valence-corrected chi connectivity index (χ4v) is 5.23. The molecule has 7 heteroatoms. The first kappa shape index (κ1) is 23.0. The van der Waals surface area contributed by atoms with Crippen LogP contribution in [0.2, 0.25) is 0 Å². The molecule has 0 fully saturated rings. The van der Waals surface area contributed by atoms with Gasteiger partial charge >= 0.3 is 5.97 Å². The maximum atomic E-state index is 12.6. The number of thiophene rings is 1. The highest BCUT2D eigenvalue weighted by Gasteiger charge is 2.29. The first-order valence-electron chi connectivity index (χ1n) is 10.8. The number of carbonyl (C=O) groups is 3. The summed E-state index contributed by atoms with van der Waals surface area (Å²) >= 11 is 1.48. The van der Waals surface area contributed by atoms with Crippen LogP contribution in [0.15, 0.2) is 30.3 Å². The SMILES string of the molecule is CCOC(=O)c1c(NC(=O)CCCC(=O)N(C)c2ccccc2)sc2c1CCC(C)C2. The van der Waals surface area contributed by atoms with Crippen LogP contribution in [0.5, 0.6) is 0 Å². The van der Waals surface area contributed by atoms with Crippen molar-refractivity contribution < 1.29 is 19.1 Å². The van der Waals surface area contributed by atoms with Gasteiger partial charge in [-0.05, 0) is 56.2 Å². The number of anilines is 2. The Balaban J connectivity index is 1.60. The quantitative estimate of drug-likeness (QED) is 0.595. The molecule has 0 bridgehead atoms. The van der Waals surface area contributed by atoms with Crippen LogP contribution in [0.4, 0.5) is 10.7 Å². The molecule has 0 aliphatic heterocycles. The molecule has 0 spiro atoms. The van der Waals surface area contributed by atoms with Gasteiger partial charge in [0, 0.05) is 30.5 Å². The smallest absolute Gasteiger partial charge is 0.341 e. The third kappa shape index (κ3) is 5.73. The van der Waals surface area contributed by atoms with Crippen molar-refractivity contribution in [2.45, 2.75) is 52.4 Å². The van der Waals surface area contributed by atoms with E-state index in [0.717, 1.165) is 35.4 Å². The van der Waals surface area contributed by atoms with E-state index in [9.17, 15) is 14.4 Å². The maximum Gasteiger partial charge on any atom is 0.341 e. The number of esters is 1. The highest BCUT2D eigenvalue weighted by Crippen LogP contribution is 2.40. The molecule has 0 radical (unpaired) electrons. The van der Waals surface area contributed by atoms with E-state index >= 15 is 0 Å². The van der Waals surface area contributed by atoms with Crippen molar-refractivity contribution in [3.63, 3.8) is 0 Å². The Morgan fingerprint density at radius 1 is 1.19 bits per heavy atom. The average Bonchev–Trinajstić information content (AvgIpc) is 3.10. The van der Waals surface area contributed by atoms with E-state index in [1.807, 2.05) is 30.3 Å². The Labute approximate surface area is 187 Å². The highest BCUT2D eigenvalue weighted by atomic mass is 32.1. The number of nitrogens with one attached hydrogen (secondary N) is 1. The second-order valence-corrected chi connectivity index (χ2v) is 9.07. The number of benzene rings is 1. The normalized spacial score (nSPS) is 15.1. The molecule has 1 atom stereocenters. The molecule has 2 aromatic rings. The van der Waals surface area contributed by atoms with Crippen LogP contribution in [0, 0.1) is 5.92 Å². The molecule has 1 aliphatic rings. The zero-order valence-corrected chi connectivity index (χ0v) is 19.2. The van der Waals surface area contributed by atoms with Crippen molar-refractivity contribution in [1.29, 1.82) is 0 Å². The van der Waals surface area contributed by atoms with Gasteiger partial charge in [0.15, 0.2) is 0 Å². The van der Waals surface area contributed by atoms with Crippen LogP contribution in [-0.2, 0) is 27.2 Å². The molecule has 1 aromatic heterocycles. The molecule has 1 aromatic carbocycles. The zero-order valence-electron chi connectivity index (χ0n) is 18.4. The molecule has 1 N–H and O–H groups in total. The first-order chi connectivity index (χ1) is 14.9. The van der Waals surface area contributed by atoms with Crippen molar-refractivity contribution in [3.05, 3.63) is 46.3 Å². The number of hydrogen-bond donors (Lipinski definition) is 1. The number of fused-ring (bicyclic) bond motifs is 1. The average molecular weight is 443 g/mol. The van der Waals surface area contributed by atoms with Gasteiger partial charge in [0.05, 0.1) is 12.2 Å². The van der Waals surface area contributed by atoms with Crippen LogP contribution < -0.4 is 10.2 Å². The largest absolute Gasteiger partial charge is 0.462 e. The monoisotopic (exact) mass is 442 g/mol. The molecule has 2 amide bonds. The predicted molar refractivity (Wildman–Crippen MR) is 124 cm³/mol. The summed E-state index contributed by atoms with van der Waals surface area (Å²) in [6.45, 7) is 4.28. The molecule has 0 saturated heterocycles. The second kappa shape index (κ2) is 10.6. The van der Waals surface area contributed by atoms with Gasteiger partial charge in [-0.25, -0.2) is 4.79 Å². The molecule has 1 unspecified atom stereocenters. The van der Waals surface area contributed by atoms with Crippen molar-refractivity contribution in [2.75, 3.05) is 23.9 Å². The third-order valence-electron chi connectivity index (χ3n) is 5.56. The number of carbonyl (C=O) groups excluding carboxylic acids is 3. The Kier molecular flexibility index (Phi) is 7.85. The molecule has 31 heavy (non-hydrogen) atoms. The molecular formula is C24H30N2O4S. The fraction of sp³-hybridized carbons (Fsp3) is 0.458. The first-order valence-corrected chi connectivity index (χ1v) is 11.7. The minimum atomic E-state index is -0.371. The summed E-state index contributed by atoms with van der Waals surface area (Å²) in [4.78, 5) is 40.3. The lowest BCUT2D eigenvalue weighted by atomic mass is 9.88. The van der Waals surface area contributed by atoms with E-state index in [-0.39, 0.29) is 30.6 Å². The lowest BCUT2D eigenvalue weighted by molar-refractivity contribution is -0.118. The summed E-state index contributed by atoms with van der Waals surface area (Å²) in [7, 11) is 1.74. The van der Waals surface area contributed by atoms with E-state index in [2.05, 4.69) is 12.2 Å². The van der Waals surface area contributed by atoms with Gasteiger partial charge in [-0.1, -0.05) is 25.1 Å². The zero-order chi connectivity index (χ0) is 22.4. The number of para-hydroxylation sites is 1. The van der Waals surface area contributed by atoms with E-state index in [4.69, 9.17) is 4.74 Å². The fourth-order valence-electron chi connectivity index (χ4n) is 3.81. The molecule has 3 rings (SSSR count). The number of amides is 2. The molecular weight excluding hydrogens is 412 g/mol. The number of rotatable bonds is 8. The third-order valence-corrected chi connectivity index (χ3v) is 6.73. The van der Waals surface area contributed by atoms with Crippen molar-refractivity contribution >= 4 is 39.8 Å². The van der Waals surface area contributed by atoms with Gasteiger partial charge in [0.25, 0.3) is 0 Å². The Morgan fingerprint density at radius 3 is 2.65 bits per heavy atom. The number of ether oxygens (including phenoxy) is 1. The summed E-state index contributed by atoms with van der Waals surface area (Å²) in [5, 5.41) is 3.49. The van der Waals surface area contributed by atoms with E-state index < -0.39 is 0 Å². The van der Waals surface area contributed by atoms with Crippen molar-refractivity contribution in [1.82, 2.24) is 0 Å². The minimum Gasteiger partial charge on any atom is -0.462 e. The van der Waals surface area contributed by atoms with Crippen molar-refractivity contribution in [3.8, 4) is 0 Å². The minimum absolute atomic E-state index is 0.0354. The van der Waals surface area contributed by atoms with E-state index in [0.29, 0.717) is 29.5 Å². The van der Waals surface area contributed by atoms with E-state index in [1.54, 1.807) is 18.9 Å². The second-order valence-electron chi connectivity index (χ2n) is 7.97. The van der Waals surface area contributed by atoms with Crippen LogP contribution in [0.1, 0.15) is 60.3 Å². The molecule has 166 valence electrons. The van der Waals surface area contributed by atoms with Gasteiger partial charge in [0.2, 0.25) is 11.8 Å².